The summed E-state index contributed by atoms with van der Waals surface area (Å²) < 4.78 is 9.87. The van der Waals surface area contributed by atoms with Gasteiger partial charge in [-0.2, -0.15) is 9.36 Å². The van der Waals surface area contributed by atoms with Gasteiger partial charge < -0.3 is 10.5 Å². The summed E-state index contributed by atoms with van der Waals surface area (Å²) in [6, 6.07) is 5.67. The molecule has 90 valence electrons. The molecule has 0 saturated heterocycles. The van der Waals surface area contributed by atoms with E-state index in [1.807, 2.05) is 39.0 Å². The highest BCUT2D eigenvalue weighted by Gasteiger charge is 2.10. The van der Waals surface area contributed by atoms with Crippen molar-refractivity contribution in [1.82, 2.24) is 9.36 Å². The standard InChI is InChI=1S/C12H15N3OS/c1-7(2)11-14-12(17-15-11)16-10-6-8(3)4-5-9(10)13/h4-7H,13H2,1-3H3. The van der Waals surface area contributed by atoms with Gasteiger partial charge in [0.25, 0.3) is 5.19 Å². The van der Waals surface area contributed by atoms with Crippen LogP contribution in [0.2, 0.25) is 0 Å². The lowest BCUT2D eigenvalue weighted by molar-refractivity contribution is 0.478. The number of aromatic nitrogens is 2. The van der Waals surface area contributed by atoms with Crippen molar-refractivity contribution in [2.75, 3.05) is 5.73 Å². The average Bonchev–Trinajstić information content (AvgIpc) is 2.72. The molecule has 1 aromatic carbocycles. The van der Waals surface area contributed by atoms with Crippen LogP contribution in [0.1, 0.15) is 31.2 Å². The number of benzene rings is 1. The summed E-state index contributed by atoms with van der Waals surface area (Å²) in [5, 5.41) is 0.533. The molecule has 0 aliphatic heterocycles. The molecule has 0 amide bonds. The van der Waals surface area contributed by atoms with Crippen molar-refractivity contribution in [2.24, 2.45) is 0 Å². The quantitative estimate of drug-likeness (QED) is 0.847. The van der Waals surface area contributed by atoms with E-state index in [0.717, 1.165) is 11.4 Å². The summed E-state index contributed by atoms with van der Waals surface area (Å²) in [4.78, 5) is 4.31. The van der Waals surface area contributed by atoms with E-state index < -0.39 is 0 Å². The third-order valence-electron chi connectivity index (χ3n) is 2.31. The summed E-state index contributed by atoms with van der Waals surface area (Å²) in [5.41, 5.74) is 7.54. The molecule has 0 bridgehead atoms. The molecule has 5 heteroatoms. The van der Waals surface area contributed by atoms with Crippen molar-refractivity contribution >= 4 is 17.2 Å². The molecule has 2 aromatic rings. The zero-order valence-electron chi connectivity index (χ0n) is 10.1. The third kappa shape index (κ3) is 2.74. The van der Waals surface area contributed by atoms with E-state index >= 15 is 0 Å². The molecule has 0 fully saturated rings. The van der Waals surface area contributed by atoms with Gasteiger partial charge in [-0.25, -0.2) is 0 Å². The Bertz CT molecular complexity index is 522. The molecule has 0 saturated carbocycles. The molecule has 0 atom stereocenters. The van der Waals surface area contributed by atoms with Crippen molar-refractivity contribution in [3.63, 3.8) is 0 Å². The molecule has 0 aliphatic rings. The molecule has 1 heterocycles. The Kier molecular flexibility index (Phi) is 3.28. The van der Waals surface area contributed by atoms with Gasteiger partial charge in [0.1, 0.15) is 5.82 Å². The van der Waals surface area contributed by atoms with Gasteiger partial charge in [0.05, 0.1) is 5.69 Å². The molecule has 0 aliphatic carbocycles. The van der Waals surface area contributed by atoms with Gasteiger partial charge in [-0.05, 0) is 24.6 Å². The highest BCUT2D eigenvalue weighted by molar-refractivity contribution is 7.07. The highest BCUT2D eigenvalue weighted by Crippen LogP contribution is 2.30. The normalized spacial score (nSPS) is 10.8. The van der Waals surface area contributed by atoms with Crippen LogP contribution >= 0.6 is 11.5 Å². The zero-order chi connectivity index (χ0) is 12.4. The summed E-state index contributed by atoms with van der Waals surface area (Å²) in [7, 11) is 0. The zero-order valence-corrected chi connectivity index (χ0v) is 10.9. The van der Waals surface area contributed by atoms with Crippen LogP contribution in [-0.2, 0) is 0 Å². The number of rotatable bonds is 3. The molecule has 0 radical (unpaired) electrons. The average molecular weight is 249 g/mol. The first kappa shape index (κ1) is 11.9. The van der Waals surface area contributed by atoms with E-state index in [1.54, 1.807) is 0 Å². The van der Waals surface area contributed by atoms with Crippen LogP contribution in [0.3, 0.4) is 0 Å². The Morgan fingerprint density at radius 3 is 2.76 bits per heavy atom. The molecule has 2 rings (SSSR count). The van der Waals surface area contributed by atoms with E-state index in [1.165, 1.54) is 11.5 Å². The Morgan fingerprint density at radius 2 is 2.12 bits per heavy atom. The van der Waals surface area contributed by atoms with Gasteiger partial charge in [0.2, 0.25) is 0 Å². The Balaban J connectivity index is 2.22. The Hall–Kier alpha value is -1.62. The Labute approximate surface area is 105 Å². The smallest absolute Gasteiger partial charge is 0.298 e. The predicted octanol–water partition coefficient (Wildman–Crippen LogP) is 3.34. The Morgan fingerprint density at radius 1 is 1.35 bits per heavy atom. The van der Waals surface area contributed by atoms with Gasteiger partial charge in [-0.15, -0.1) is 0 Å². The SMILES string of the molecule is Cc1ccc(N)c(Oc2nc(C(C)C)ns2)c1. The molecule has 0 spiro atoms. The second-order valence-corrected chi connectivity index (χ2v) is 4.93. The van der Waals surface area contributed by atoms with Gasteiger partial charge in [-0.3, -0.25) is 0 Å². The number of hydrogen-bond donors (Lipinski definition) is 1. The number of nitrogens with zero attached hydrogens (tertiary/aromatic N) is 2. The van der Waals surface area contributed by atoms with E-state index in [4.69, 9.17) is 10.5 Å². The second kappa shape index (κ2) is 4.71. The maximum absolute atomic E-state index is 5.84. The lowest BCUT2D eigenvalue weighted by Gasteiger charge is -2.05. The van der Waals surface area contributed by atoms with Gasteiger partial charge in [0.15, 0.2) is 5.75 Å². The van der Waals surface area contributed by atoms with Crippen molar-refractivity contribution in [3.8, 4) is 10.9 Å². The fourth-order valence-electron chi connectivity index (χ4n) is 1.32. The van der Waals surface area contributed by atoms with E-state index in [2.05, 4.69) is 9.36 Å². The number of hydrogen-bond acceptors (Lipinski definition) is 5. The first-order valence-electron chi connectivity index (χ1n) is 5.44. The van der Waals surface area contributed by atoms with Crippen LogP contribution in [-0.4, -0.2) is 9.36 Å². The summed E-state index contributed by atoms with van der Waals surface area (Å²) >= 11 is 1.25. The van der Waals surface area contributed by atoms with Crippen LogP contribution in [0.4, 0.5) is 5.69 Å². The van der Waals surface area contributed by atoms with Crippen LogP contribution in [0.15, 0.2) is 18.2 Å². The van der Waals surface area contributed by atoms with Crippen molar-refractivity contribution in [2.45, 2.75) is 26.7 Å². The van der Waals surface area contributed by atoms with E-state index in [-0.39, 0.29) is 0 Å². The lowest BCUT2D eigenvalue weighted by Crippen LogP contribution is -1.93. The number of aryl methyl sites for hydroxylation is 1. The first-order chi connectivity index (χ1) is 8.06. The number of ether oxygens (including phenoxy) is 1. The highest BCUT2D eigenvalue weighted by atomic mass is 32.1. The summed E-state index contributed by atoms with van der Waals surface area (Å²) in [6.07, 6.45) is 0. The van der Waals surface area contributed by atoms with Gasteiger partial charge in [0, 0.05) is 17.5 Å². The monoisotopic (exact) mass is 249 g/mol. The van der Waals surface area contributed by atoms with Gasteiger partial charge in [-0.1, -0.05) is 19.9 Å². The molecular formula is C12H15N3OS. The first-order valence-corrected chi connectivity index (χ1v) is 6.21. The van der Waals surface area contributed by atoms with Crippen LogP contribution in [0, 0.1) is 6.92 Å². The van der Waals surface area contributed by atoms with E-state index in [0.29, 0.717) is 22.5 Å². The van der Waals surface area contributed by atoms with Crippen molar-refractivity contribution in [1.29, 1.82) is 0 Å². The van der Waals surface area contributed by atoms with Crippen LogP contribution < -0.4 is 10.5 Å². The minimum Gasteiger partial charge on any atom is -0.428 e. The second-order valence-electron chi connectivity index (χ2n) is 4.22. The third-order valence-corrected chi connectivity index (χ3v) is 2.91. The topological polar surface area (TPSA) is 61.0 Å². The largest absolute Gasteiger partial charge is 0.428 e. The van der Waals surface area contributed by atoms with Crippen molar-refractivity contribution < 1.29 is 4.74 Å². The molecule has 1 aromatic heterocycles. The predicted molar refractivity (Wildman–Crippen MR) is 69.7 cm³/mol. The lowest BCUT2D eigenvalue weighted by atomic mass is 10.2. The van der Waals surface area contributed by atoms with Crippen molar-refractivity contribution in [3.05, 3.63) is 29.6 Å². The van der Waals surface area contributed by atoms with E-state index in [9.17, 15) is 0 Å². The maximum atomic E-state index is 5.84. The summed E-state index contributed by atoms with van der Waals surface area (Å²) in [6.45, 7) is 6.09. The number of nitrogen functional groups attached to an aromatic ring is 1. The fraction of sp³-hybridized carbons (Fsp3) is 0.333. The minimum absolute atomic E-state index is 0.304. The molecule has 4 nitrogen and oxygen atoms in total. The molecule has 2 N–H and O–H groups in total. The number of anilines is 1. The van der Waals surface area contributed by atoms with Crippen LogP contribution in [0.25, 0.3) is 0 Å². The van der Waals surface area contributed by atoms with Crippen LogP contribution in [0.5, 0.6) is 10.9 Å². The van der Waals surface area contributed by atoms with Gasteiger partial charge >= 0.3 is 0 Å². The number of nitrogens with two attached hydrogens (primary N) is 1. The molecule has 0 unspecified atom stereocenters. The summed E-state index contributed by atoms with van der Waals surface area (Å²) in [5.74, 6) is 1.74. The molecular weight excluding hydrogens is 234 g/mol. The fourth-order valence-corrected chi connectivity index (χ4v) is 2.00. The molecule has 17 heavy (non-hydrogen) atoms. The minimum atomic E-state index is 0.304. The maximum Gasteiger partial charge on any atom is 0.298 e.